The van der Waals surface area contributed by atoms with E-state index in [0.717, 1.165) is 30.2 Å². The summed E-state index contributed by atoms with van der Waals surface area (Å²) in [5, 5.41) is 10.1. The van der Waals surface area contributed by atoms with Crippen molar-refractivity contribution in [3.63, 3.8) is 0 Å². The standard InChI is InChI=1S/C19H25NO4S/c1-23-17-8-7-15(14-18(17)24-2)13-16(21)5-3-4-6-19(22)20-9-11-25-12-10-20/h3-8,14,16,21H,9-13H2,1-2H3/b5-3+,6-4+/t16-/m0/s1. The lowest BCUT2D eigenvalue weighted by Crippen LogP contribution is -2.36. The Kier molecular flexibility index (Phi) is 7.88. The van der Waals surface area contributed by atoms with E-state index in [9.17, 15) is 9.90 Å². The highest BCUT2D eigenvalue weighted by Crippen LogP contribution is 2.28. The molecule has 1 aromatic carbocycles. The SMILES string of the molecule is COc1ccc(C[C@@H](O)/C=C/C=C/C(=O)N2CCSCC2)cc1OC. The number of hydrogen-bond donors (Lipinski definition) is 1. The molecule has 0 saturated carbocycles. The summed E-state index contributed by atoms with van der Waals surface area (Å²) in [6, 6.07) is 5.57. The quantitative estimate of drug-likeness (QED) is 0.595. The molecule has 0 bridgehead atoms. The number of aliphatic hydroxyl groups is 1. The molecule has 136 valence electrons. The molecule has 0 aromatic heterocycles. The van der Waals surface area contributed by atoms with Crippen LogP contribution in [0.4, 0.5) is 0 Å². The molecule has 1 atom stereocenters. The molecule has 0 aliphatic carbocycles. The summed E-state index contributed by atoms with van der Waals surface area (Å²) in [6.45, 7) is 1.61. The van der Waals surface area contributed by atoms with Gasteiger partial charge in [-0.25, -0.2) is 0 Å². The zero-order valence-corrected chi connectivity index (χ0v) is 15.5. The lowest BCUT2D eigenvalue weighted by molar-refractivity contribution is -0.125. The Bertz CT molecular complexity index is 624. The number of hydrogen-bond acceptors (Lipinski definition) is 5. The third-order valence-electron chi connectivity index (χ3n) is 3.90. The van der Waals surface area contributed by atoms with E-state index in [-0.39, 0.29) is 5.91 Å². The third-order valence-corrected chi connectivity index (χ3v) is 4.84. The molecule has 2 rings (SSSR count). The third kappa shape index (κ3) is 6.14. The predicted molar refractivity (Wildman–Crippen MR) is 101 cm³/mol. The van der Waals surface area contributed by atoms with Gasteiger partial charge in [0.05, 0.1) is 20.3 Å². The van der Waals surface area contributed by atoms with Crippen molar-refractivity contribution >= 4 is 17.7 Å². The van der Waals surface area contributed by atoms with Gasteiger partial charge >= 0.3 is 0 Å². The first-order chi connectivity index (χ1) is 12.1. The monoisotopic (exact) mass is 363 g/mol. The van der Waals surface area contributed by atoms with Gasteiger partial charge in [-0.3, -0.25) is 4.79 Å². The van der Waals surface area contributed by atoms with Crippen LogP contribution in [0.3, 0.4) is 0 Å². The van der Waals surface area contributed by atoms with Crippen molar-refractivity contribution < 1.29 is 19.4 Å². The fourth-order valence-electron chi connectivity index (χ4n) is 2.54. The minimum absolute atomic E-state index is 0.0272. The van der Waals surface area contributed by atoms with Crippen LogP contribution in [-0.4, -0.2) is 60.8 Å². The number of thioether (sulfide) groups is 1. The van der Waals surface area contributed by atoms with E-state index < -0.39 is 6.10 Å². The minimum Gasteiger partial charge on any atom is -0.493 e. The molecular formula is C19H25NO4S. The van der Waals surface area contributed by atoms with Crippen LogP contribution in [0.2, 0.25) is 0 Å². The number of methoxy groups -OCH3 is 2. The Hall–Kier alpha value is -1.92. The van der Waals surface area contributed by atoms with Crippen molar-refractivity contribution in [1.29, 1.82) is 0 Å². The molecule has 0 radical (unpaired) electrons. The number of benzene rings is 1. The van der Waals surface area contributed by atoms with Gasteiger partial charge in [0, 0.05) is 37.1 Å². The van der Waals surface area contributed by atoms with E-state index in [1.54, 1.807) is 38.5 Å². The van der Waals surface area contributed by atoms with Gasteiger partial charge in [0.1, 0.15) is 0 Å². The lowest BCUT2D eigenvalue weighted by Gasteiger charge is -2.24. The topological polar surface area (TPSA) is 59.0 Å². The van der Waals surface area contributed by atoms with Crippen LogP contribution >= 0.6 is 11.8 Å². The van der Waals surface area contributed by atoms with Gasteiger partial charge in [-0.2, -0.15) is 11.8 Å². The van der Waals surface area contributed by atoms with Gasteiger partial charge in [0.25, 0.3) is 0 Å². The van der Waals surface area contributed by atoms with Gasteiger partial charge in [-0.05, 0) is 17.7 Å². The number of nitrogens with zero attached hydrogens (tertiary/aromatic N) is 1. The largest absolute Gasteiger partial charge is 0.493 e. The Balaban J connectivity index is 1.84. The summed E-state index contributed by atoms with van der Waals surface area (Å²) in [6.07, 6.45) is 6.44. The summed E-state index contributed by atoms with van der Waals surface area (Å²) in [5.74, 6) is 3.33. The second-order valence-corrected chi connectivity index (χ2v) is 6.87. The molecular weight excluding hydrogens is 338 g/mol. The van der Waals surface area contributed by atoms with Crippen molar-refractivity contribution in [2.45, 2.75) is 12.5 Å². The first kappa shape index (κ1) is 19.4. The second kappa shape index (κ2) is 10.2. The number of amides is 1. The summed E-state index contributed by atoms with van der Waals surface area (Å²) >= 11 is 1.87. The number of carbonyl (C=O) groups excluding carboxylic acids is 1. The number of ether oxygens (including phenoxy) is 2. The number of carbonyl (C=O) groups is 1. The van der Waals surface area contributed by atoms with E-state index in [2.05, 4.69) is 0 Å². The summed E-state index contributed by atoms with van der Waals surface area (Å²) in [7, 11) is 3.17. The highest BCUT2D eigenvalue weighted by molar-refractivity contribution is 7.99. The smallest absolute Gasteiger partial charge is 0.246 e. The molecule has 5 nitrogen and oxygen atoms in total. The van der Waals surface area contributed by atoms with E-state index in [4.69, 9.17) is 9.47 Å². The zero-order valence-electron chi connectivity index (χ0n) is 14.7. The second-order valence-electron chi connectivity index (χ2n) is 5.64. The van der Waals surface area contributed by atoms with E-state index in [1.807, 2.05) is 34.9 Å². The van der Waals surface area contributed by atoms with Gasteiger partial charge in [-0.1, -0.05) is 24.3 Å². The average molecular weight is 363 g/mol. The fourth-order valence-corrected chi connectivity index (χ4v) is 3.44. The summed E-state index contributed by atoms with van der Waals surface area (Å²) in [4.78, 5) is 13.8. The van der Waals surface area contributed by atoms with Gasteiger partial charge < -0.3 is 19.5 Å². The summed E-state index contributed by atoms with van der Waals surface area (Å²) < 4.78 is 10.5. The van der Waals surface area contributed by atoms with Crippen LogP contribution in [0.1, 0.15) is 5.56 Å². The van der Waals surface area contributed by atoms with Crippen molar-refractivity contribution in [1.82, 2.24) is 4.90 Å². The highest BCUT2D eigenvalue weighted by atomic mass is 32.2. The van der Waals surface area contributed by atoms with E-state index >= 15 is 0 Å². The Morgan fingerprint density at radius 2 is 1.96 bits per heavy atom. The Morgan fingerprint density at radius 1 is 1.24 bits per heavy atom. The molecule has 1 heterocycles. The van der Waals surface area contributed by atoms with Crippen molar-refractivity contribution in [3.05, 3.63) is 48.1 Å². The molecule has 0 spiro atoms. The molecule has 1 fully saturated rings. The number of allylic oxidation sites excluding steroid dienone is 2. The molecule has 25 heavy (non-hydrogen) atoms. The molecule has 1 saturated heterocycles. The van der Waals surface area contributed by atoms with Gasteiger partial charge in [-0.15, -0.1) is 0 Å². The highest BCUT2D eigenvalue weighted by Gasteiger charge is 2.13. The molecule has 0 unspecified atom stereocenters. The Morgan fingerprint density at radius 3 is 2.64 bits per heavy atom. The maximum absolute atomic E-state index is 12.0. The summed E-state index contributed by atoms with van der Waals surface area (Å²) in [5.41, 5.74) is 0.945. The maximum atomic E-state index is 12.0. The molecule has 1 amide bonds. The minimum atomic E-state index is -0.635. The molecule has 6 heteroatoms. The maximum Gasteiger partial charge on any atom is 0.246 e. The lowest BCUT2D eigenvalue weighted by atomic mass is 10.1. The molecule has 1 aromatic rings. The van der Waals surface area contributed by atoms with Gasteiger partial charge in [0.2, 0.25) is 5.91 Å². The van der Waals surface area contributed by atoms with Crippen molar-refractivity contribution in [2.75, 3.05) is 38.8 Å². The van der Waals surface area contributed by atoms with Crippen molar-refractivity contribution in [3.8, 4) is 11.5 Å². The average Bonchev–Trinajstić information content (AvgIpc) is 2.65. The normalized spacial score (nSPS) is 16.4. The van der Waals surface area contributed by atoms with Crippen LogP contribution in [0, 0.1) is 0 Å². The van der Waals surface area contributed by atoms with Crippen LogP contribution in [0.15, 0.2) is 42.5 Å². The van der Waals surface area contributed by atoms with E-state index in [0.29, 0.717) is 17.9 Å². The van der Waals surface area contributed by atoms with Crippen molar-refractivity contribution in [2.24, 2.45) is 0 Å². The predicted octanol–water partition coefficient (Wildman–Crippen LogP) is 2.29. The number of rotatable bonds is 7. The first-order valence-electron chi connectivity index (χ1n) is 8.24. The van der Waals surface area contributed by atoms with Gasteiger partial charge in [0.15, 0.2) is 11.5 Å². The van der Waals surface area contributed by atoms with Crippen LogP contribution < -0.4 is 9.47 Å². The van der Waals surface area contributed by atoms with Crippen LogP contribution in [-0.2, 0) is 11.2 Å². The van der Waals surface area contributed by atoms with Crippen LogP contribution in [0.5, 0.6) is 11.5 Å². The van der Waals surface area contributed by atoms with Crippen LogP contribution in [0.25, 0.3) is 0 Å². The molecule has 1 N–H and O–H groups in total. The fraction of sp³-hybridized carbons (Fsp3) is 0.421. The van der Waals surface area contributed by atoms with E-state index in [1.165, 1.54) is 0 Å². The first-order valence-corrected chi connectivity index (χ1v) is 9.40. The zero-order chi connectivity index (χ0) is 18.1. The molecule has 1 aliphatic rings. The number of aliphatic hydroxyl groups excluding tert-OH is 1. The Labute approximate surface area is 153 Å². The molecule has 1 aliphatic heterocycles.